The summed E-state index contributed by atoms with van der Waals surface area (Å²) in [6.45, 7) is 0.625. The first-order chi connectivity index (χ1) is 16.0. The number of carbonyl (C=O) groups is 3. The Kier molecular flexibility index (Phi) is 6.99. The van der Waals surface area contributed by atoms with Gasteiger partial charge in [0.25, 0.3) is 0 Å². The molecule has 1 aromatic heterocycles. The van der Waals surface area contributed by atoms with Crippen molar-refractivity contribution in [3.8, 4) is 10.4 Å². The molecule has 1 saturated heterocycles. The number of amides is 2. The Hall–Kier alpha value is -3.72. The molecule has 2 aromatic carbocycles. The summed E-state index contributed by atoms with van der Waals surface area (Å²) in [5.41, 5.74) is 2.12. The van der Waals surface area contributed by atoms with Crippen LogP contribution in [0.1, 0.15) is 28.8 Å². The van der Waals surface area contributed by atoms with Gasteiger partial charge < -0.3 is 14.8 Å². The first-order valence-corrected chi connectivity index (χ1v) is 11.3. The highest BCUT2D eigenvalue weighted by Gasteiger charge is 2.35. The van der Waals surface area contributed by atoms with Crippen molar-refractivity contribution in [3.63, 3.8) is 0 Å². The molecule has 1 aliphatic rings. The Morgan fingerprint density at radius 1 is 1.15 bits per heavy atom. The number of anilines is 1. The molecule has 1 atom stereocenters. The lowest BCUT2D eigenvalue weighted by molar-refractivity contribution is -0.120. The van der Waals surface area contributed by atoms with Crippen LogP contribution in [0, 0.1) is 0 Å². The Labute approximate surface area is 195 Å². The van der Waals surface area contributed by atoms with E-state index in [1.54, 1.807) is 24.4 Å². The van der Waals surface area contributed by atoms with Crippen LogP contribution in [0.3, 0.4) is 0 Å². The van der Waals surface area contributed by atoms with Gasteiger partial charge in [0, 0.05) is 12.7 Å². The van der Waals surface area contributed by atoms with E-state index >= 15 is 0 Å². The number of carbonyl (C=O) groups excluding carboxylic acids is 3. The molecule has 0 aliphatic carbocycles. The molecule has 8 nitrogen and oxygen atoms in total. The molecule has 170 valence electrons. The van der Waals surface area contributed by atoms with Gasteiger partial charge in [0.15, 0.2) is 5.13 Å². The van der Waals surface area contributed by atoms with Gasteiger partial charge in [-0.2, -0.15) is 0 Å². The number of thiazole rings is 1. The van der Waals surface area contributed by atoms with Crippen LogP contribution in [0.2, 0.25) is 0 Å². The van der Waals surface area contributed by atoms with Crippen LogP contribution >= 0.6 is 11.3 Å². The van der Waals surface area contributed by atoms with E-state index in [9.17, 15) is 14.4 Å². The molecule has 1 aliphatic heterocycles. The lowest BCUT2D eigenvalue weighted by atomic mass is 10.1. The zero-order valence-corrected chi connectivity index (χ0v) is 18.8. The van der Waals surface area contributed by atoms with E-state index in [-0.39, 0.29) is 12.5 Å². The molecule has 2 heterocycles. The van der Waals surface area contributed by atoms with E-state index in [0.29, 0.717) is 23.7 Å². The van der Waals surface area contributed by atoms with Crippen molar-refractivity contribution in [2.75, 3.05) is 19.0 Å². The third kappa shape index (κ3) is 5.38. The smallest absolute Gasteiger partial charge is 0.410 e. The normalized spacial score (nSPS) is 15.2. The van der Waals surface area contributed by atoms with Crippen molar-refractivity contribution < 1.29 is 23.9 Å². The van der Waals surface area contributed by atoms with Crippen LogP contribution in [0.5, 0.6) is 0 Å². The summed E-state index contributed by atoms with van der Waals surface area (Å²) in [4.78, 5) is 43.7. The third-order valence-electron chi connectivity index (χ3n) is 5.30. The number of hydrogen-bond acceptors (Lipinski definition) is 7. The molecular formula is C24H23N3O5S. The second-order valence-corrected chi connectivity index (χ2v) is 8.51. The average Bonchev–Trinajstić information content (AvgIpc) is 3.53. The minimum absolute atomic E-state index is 0.158. The molecule has 33 heavy (non-hydrogen) atoms. The molecule has 9 heteroatoms. The standard InChI is InChI=1S/C24H23N3O5S/c1-31-22(29)18-10-5-9-17(13-18)20-14-25-23(33-20)26-21(28)19-11-6-12-27(19)24(30)32-15-16-7-3-2-4-8-16/h2-5,7-10,13-14,19H,6,11-12,15H2,1H3,(H,25,26,28). The molecule has 2 amide bonds. The monoisotopic (exact) mass is 465 g/mol. The van der Waals surface area contributed by atoms with Gasteiger partial charge in [0.2, 0.25) is 5.91 Å². The molecular weight excluding hydrogens is 442 g/mol. The summed E-state index contributed by atoms with van der Waals surface area (Å²) in [6, 6.07) is 15.8. The zero-order valence-electron chi connectivity index (χ0n) is 18.0. The van der Waals surface area contributed by atoms with Crippen molar-refractivity contribution in [1.29, 1.82) is 0 Å². The number of hydrogen-bond donors (Lipinski definition) is 1. The van der Waals surface area contributed by atoms with Gasteiger partial charge in [-0.25, -0.2) is 14.6 Å². The molecule has 0 spiro atoms. The van der Waals surface area contributed by atoms with E-state index in [0.717, 1.165) is 22.4 Å². The molecule has 1 N–H and O–H groups in total. The van der Waals surface area contributed by atoms with Gasteiger partial charge in [0.1, 0.15) is 12.6 Å². The fraction of sp³-hybridized carbons (Fsp3) is 0.250. The Balaban J connectivity index is 1.38. The zero-order chi connectivity index (χ0) is 23.2. The average molecular weight is 466 g/mol. The van der Waals surface area contributed by atoms with Crippen molar-refractivity contribution >= 4 is 34.4 Å². The Morgan fingerprint density at radius 3 is 2.76 bits per heavy atom. The van der Waals surface area contributed by atoms with Crippen LogP contribution in [-0.4, -0.2) is 47.6 Å². The number of benzene rings is 2. The van der Waals surface area contributed by atoms with E-state index < -0.39 is 18.1 Å². The number of likely N-dealkylation sites (tertiary alicyclic amines) is 1. The van der Waals surface area contributed by atoms with Gasteiger partial charge in [-0.3, -0.25) is 9.69 Å². The second kappa shape index (κ2) is 10.3. The fourth-order valence-electron chi connectivity index (χ4n) is 3.63. The van der Waals surface area contributed by atoms with Crippen LogP contribution in [-0.2, 0) is 20.9 Å². The van der Waals surface area contributed by atoms with Crippen LogP contribution in [0.25, 0.3) is 10.4 Å². The molecule has 1 unspecified atom stereocenters. The van der Waals surface area contributed by atoms with Crippen LogP contribution in [0.15, 0.2) is 60.8 Å². The summed E-state index contributed by atoms with van der Waals surface area (Å²) >= 11 is 1.29. The summed E-state index contributed by atoms with van der Waals surface area (Å²) < 4.78 is 10.2. The fourth-order valence-corrected chi connectivity index (χ4v) is 4.45. The van der Waals surface area contributed by atoms with Crippen LogP contribution < -0.4 is 5.32 Å². The minimum atomic E-state index is -0.608. The van der Waals surface area contributed by atoms with Gasteiger partial charge in [-0.05, 0) is 36.1 Å². The summed E-state index contributed by atoms with van der Waals surface area (Å²) in [5.74, 6) is -0.719. The van der Waals surface area contributed by atoms with Crippen molar-refractivity contribution in [1.82, 2.24) is 9.88 Å². The predicted molar refractivity (Wildman–Crippen MR) is 124 cm³/mol. The molecule has 4 rings (SSSR count). The van der Waals surface area contributed by atoms with Gasteiger partial charge in [-0.15, -0.1) is 0 Å². The van der Waals surface area contributed by atoms with Gasteiger partial charge >= 0.3 is 12.1 Å². The highest BCUT2D eigenvalue weighted by atomic mass is 32.1. The molecule has 3 aromatic rings. The first-order valence-electron chi connectivity index (χ1n) is 10.5. The number of nitrogens with one attached hydrogen (secondary N) is 1. The number of nitrogens with zero attached hydrogens (tertiary/aromatic N) is 2. The predicted octanol–water partition coefficient (Wildman–Crippen LogP) is 4.34. The summed E-state index contributed by atoms with van der Waals surface area (Å²) in [6.07, 6.45) is 2.42. The lowest BCUT2D eigenvalue weighted by Crippen LogP contribution is -2.43. The maximum Gasteiger partial charge on any atom is 0.410 e. The Morgan fingerprint density at radius 2 is 1.97 bits per heavy atom. The number of rotatable bonds is 6. The first kappa shape index (κ1) is 22.5. The maximum absolute atomic E-state index is 12.9. The quantitative estimate of drug-likeness (QED) is 0.544. The summed E-state index contributed by atoms with van der Waals surface area (Å²) in [5, 5.41) is 3.23. The molecule has 0 radical (unpaired) electrons. The van der Waals surface area contributed by atoms with E-state index in [2.05, 4.69) is 10.3 Å². The third-order valence-corrected chi connectivity index (χ3v) is 6.26. The maximum atomic E-state index is 12.9. The van der Waals surface area contributed by atoms with Crippen molar-refractivity contribution in [2.24, 2.45) is 0 Å². The van der Waals surface area contributed by atoms with Crippen molar-refractivity contribution in [3.05, 3.63) is 71.9 Å². The van der Waals surface area contributed by atoms with Crippen LogP contribution in [0.4, 0.5) is 9.93 Å². The van der Waals surface area contributed by atoms with Crippen molar-refractivity contribution in [2.45, 2.75) is 25.5 Å². The molecule has 0 bridgehead atoms. The molecule has 1 fully saturated rings. The lowest BCUT2D eigenvalue weighted by Gasteiger charge is -2.22. The minimum Gasteiger partial charge on any atom is -0.465 e. The number of ether oxygens (including phenoxy) is 2. The second-order valence-electron chi connectivity index (χ2n) is 7.48. The number of esters is 1. The van der Waals surface area contributed by atoms with Gasteiger partial charge in [-0.1, -0.05) is 53.8 Å². The molecule has 0 saturated carbocycles. The number of aromatic nitrogens is 1. The number of methoxy groups -OCH3 is 1. The van der Waals surface area contributed by atoms with E-state index in [1.165, 1.54) is 23.3 Å². The van der Waals surface area contributed by atoms with E-state index in [4.69, 9.17) is 9.47 Å². The Bertz CT molecular complexity index is 1150. The topological polar surface area (TPSA) is 97.8 Å². The highest BCUT2D eigenvalue weighted by Crippen LogP contribution is 2.30. The summed E-state index contributed by atoms with van der Waals surface area (Å²) in [7, 11) is 1.33. The van der Waals surface area contributed by atoms with Gasteiger partial charge in [0.05, 0.1) is 17.6 Å². The SMILES string of the molecule is COC(=O)c1cccc(-c2cnc(NC(=O)C3CCCN3C(=O)OCc3ccccc3)s2)c1. The highest BCUT2D eigenvalue weighted by molar-refractivity contribution is 7.19. The van der Waals surface area contributed by atoms with E-state index in [1.807, 2.05) is 36.4 Å². The largest absolute Gasteiger partial charge is 0.465 e.